The Kier molecular flexibility index (Phi) is 4.80. The molecule has 2 aromatic rings. The van der Waals surface area contributed by atoms with Crippen molar-refractivity contribution >= 4 is 5.91 Å². The van der Waals surface area contributed by atoms with Gasteiger partial charge in [-0.05, 0) is 31.9 Å². The van der Waals surface area contributed by atoms with Crippen molar-refractivity contribution in [1.82, 2.24) is 19.7 Å². The van der Waals surface area contributed by atoms with Crippen LogP contribution >= 0.6 is 0 Å². The van der Waals surface area contributed by atoms with Gasteiger partial charge in [0.15, 0.2) is 0 Å². The molecule has 0 radical (unpaired) electrons. The lowest BCUT2D eigenvalue weighted by Crippen LogP contribution is -2.45. The molecular weight excluding hydrogens is 324 g/mol. The number of amides is 1. The van der Waals surface area contributed by atoms with E-state index < -0.39 is 17.2 Å². The number of aromatic nitrogens is 3. The van der Waals surface area contributed by atoms with Crippen molar-refractivity contribution in [2.75, 3.05) is 13.2 Å². The van der Waals surface area contributed by atoms with Crippen LogP contribution in [0.5, 0.6) is 0 Å². The predicted molar refractivity (Wildman–Crippen MR) is 91.1 cm³/mol. The number of carbonyl (C=O) groups excluding carboxylic acids is 1. The molecule has 132 valence electrons. The van der Waals surface area contributed by atoms with Gasteiger partial charge in [-0.2, -0.15) is 9.78 Å². The monoisotopic (exact) mass is 344 g/mol. The second kappa shape index (κ2) is 7.02. The van der Waals surface area contributed by atoms with Gasteiger partial charge in [0.1, 0.15) is 0 Å². The third kappa shape index (κ3) is 3.53. The third-order valence-corrected chi connectivity index (χ3v) is 4.18. The largest absolute Gasteiger partial charge is 0.376 e. The lowest BCUT2D eigenvalue weighted by atomic mass is 10.2. The van der Waals surface area contributed by atoms with Crippen LogP contribution in [-0.2, 0) is 11.8 Å². The molecule has 1 aliphatic heterocycles. The van der Waals surface area contributed by atoms with E-state index in [0.717, 1.165) is 27.7 Å². The summed E-state index contributed by atoms with van der Waals surface area (Å²) in [5.41, 5.74) is -0.140. The molecule has 0 aliphatic carbocycles. The normalized spacial score (nSPS) is 16.8. The fourth-order valence-electron chi connectivity index (χ4n) is 2.67. The third-order valence-electron chi connectivity index (χ3n) is 4.18. The minimum Gasteiger partial charge on any atom is -0.376 e. The summed E-state index contributed by atoms with van der Waals surface area (Å²) in [6, 6.07) is 7.07. The summed E-state index contributed by atoms with van der Waals surface area (Å²) < 4.78 is 7.38. The quantitative estimate of drug-likeness (QED) is 0.852. The van der Waals surface area contributed by atoms with E-state index in [-0.39, 0.29) is 11.8 Å². The van der Waals surface area contributed by atoms with Gasteiger partial charge < -0.3 is 10.1 Å². The minimum absolute atomic E-state index is 0.0456. The first-order valence-electron chi connectivity index (χ1n) is 8.14. The summed E-state index contributed by atoms with van der Waals surface area (Å²) in [6.07, 6.45) is 1.78. The highest BCUT2D eigenvalue weighted by Crippen LogP contribution is 2.10. The second-order valence-corrected chi connectivity index (χ2v) is 6.09. The molecule has 1 aromatic heterocycles. The van der Waals surface area contributed by atoms with E-state index in [1.807, 2.05) is 19.1 Å². The van der Waals surface area contributed by atoms with Crippen LogP contribution in [0.25, 0.3) is 5.69 Å². The van der Waals surface area contributed by atoms with Crippen LogP contribution in [0.2, 0.25) is 0 Å². The highest BCUT2D eigenvalue weighted by Gasteiger charge is 2.21. The lowest BCUT2D eigenvalue weighted by molar-refractivity contribution is 0.0850. The SMILES string of the molecule is Cc1ccc(-n2nc(C(=O)NCC3CCCO3)c(=O)n(C)c2=O)cc1. The molecule has 1 amide bonds. The molecule has 1 saturated heterocycles. The van der Waals surface area contributed by atoms with Crippen molar-refractivity contribution in [3.8, 4) is 5.69 Å². The maximum Gasteiger partial charge on any atom is 0.351 e. The minimum atomic E-state index is -0.724. The van der Waals surface area contributed by atoms with Crippen molar-refractivity contribution in [3.05, 3.63) is 56.4 Å². The molecule has 8 heteroatoms. The number of nitrogens with zero attached hydrogens (tertiary/aromatic N) is 3. The van der Waals surface area contributed by atoms with Crippen LogP contribution in [0.3, 0.4) is 0 Å². The molecule has 2 heterocycles. The van der Waals surface area contributed by atoms with E-state index >= 15 is 0 Å². The number of aryl methyl sites for hydroxylation is 1. The van der Waals surface area contributed by atoms with E-state index in [1.54, 1.807) is 12.1 Å². The first-order chi connectivity index (χ1) is 12.0. The van der Waals surface area contributed by atoms with E-state index in [4.69, 9.17) is 4.74 Å². The molecule has 1 aromatic carbocycles. The van der Waals surface area contributed by atoms with Crippen molar-refractivity contribution in [1.29, 1.82) is 0 Å². The lowest BCUT2D eigenvalue weighted by Gasteiger charge is -2.12. The number of hydrogen-bond donors (Lipinski definition) is 1. The Balaban J connectivity index is 1.93. The summed E-state index contributed by atoms with van der Waals surface area (Å²) in [6.45, 7) is 2.91. The standard InChI is InChI=1S/C17H20N4O4/c1-11-5-7-12(8-6-11)21-17(24)20(2)16(23)14(19-21)15(22)18-10-13-4-3-9-25-13/h5-8,13H,3-4,9-10H2,1-2H3,(H,18,22). The molecule has 25 heavy (non-hydrogen) atoms. The Bertz CT molecular complexity index is 892. The number of nitrogens with one attached hydrogen (secondary N) is 1. The van der Waals surface area contributed by atoms with Gasteiger partial charge in [-0.1, -0.05) is 17.7 Å². The smallest absolute Gasteiger partial charge is 0.351 e. The van der Waals surface area contributed by atoms with Crippen LogP contribution in [0, 0.1) is 6.92 Å². The summed E-state index contributed by atoms with van der Waals surface area (Å²) in [7, 11) is 1.33. The molecule has 1 atom stereocenters. The summed E-state index contributed by atoms with van der Waals surface area (Å²) in [5, 5.41) is 6.66. The molecule has 1 fully saturated rings. The number of rotatable bonds is 4. The van der Waals surface area contributed by atoms with Gasteiger partial charge in [-0.15, -0.1) is 0 Å². The molecule has 1 unspecified atom stereocenters. The fourth-order valence-corrected chi connectivity index (χ4v) is 2.67. The van der Waals surface area contributed by atoms with Crippen LogP contribution in [0.1, 0.15) is 28.9 Å². The zero-order valence-corrected chi connectivity index (χ0v) is 14.2. The maximum absolute atomic E-state index is 12.4. The maximum atomic E-state index is 12.4. The van der Waals surface area contributed by atoms with Gasteiger partial charge in [0, 0.05) is 20.2 Å². The van der Waals surface area contributed by atoms with Crippen molar-refractivity contribution in [2.45, 2.75) is 25.9 Å². The van der Waals surface area contributed by atoms with E-state index in [0.29, 0.717) is 18.8 Å². The van der Waals surface area contributed by atoms with Gasteiger partial charge in [0.05, 0.1) is 11.8 Å². The zero-order valence-electron chi connectivity index (χ0n) is 14.2. The summed E-state index contributed by atoms with van der Waals surface area (Å²) in [4.78, 5) is 37.0. The molecule has 0 saturated carbocycles. The Morgan fingerprint density at radius 3 is 2.68 bits per heavy atom. The Hall–Kier alpha value is -2.74. The first-order valence-corrected chi connectivity index (χ1v) is 8.14. The van der Waals surface area contributed by atoms with Crippen LogP contribution in [-0.4, -0.2) is 39.5 Å². The summed E-state index contributed by atoms with van der Waals surface area (Å²) in [5.74, 6) is -0.614. The van der Waals surface area contributed by atoms with Gasteiger partial charge in [0.2, 0.25) is 5.69 Å². The Morgan fingerprint density at radius 2 is 2.04 bits per heavy atom. The zero-order chi connectivity index (χ0) is 18.0. The molecular formula is C17H20N4O4. The number of benzene rings is 1. The molecule has 1 N–H and O–H groups in total. The highest BCUT2D eigenvalue weighted by molar-refractivity contribution is 5.91. The topological polar surface area (TPSA) is 95.2 Å². The predicted octanol–water partition coefficient (Wildman–Crippen LogP) is 0.148. The highest BCUT2D eigenvalue weighted by atomic mass is 16.5. The van der Waals surface area contributed by atoms with Crippen LogP contribution in [0.4, 0.5) is 0 Å². The van der Waals surface area contributed by atoms with Crippen molar-refractivity contribution in [2.24, 2.45) is 7.05 Å². The number of carbonyl (C=O) groups is 1. The average molecular weight is 344 g/mol. The van der Waals surface area contributed by atoms with Gasteiger partial charge in [-0.25, -0.2) is 4.79 Å². The molecule has 8 nitrogen and oxygen atoms in total. The summed E-state index contributed by atoms with van der Waals surface area (Å²) >= 11 is 0. The Morgan fingerprint density at radius 1 is 1.32 bits per heavy atom. The van der Waals surface area contributed by atoms with Crippen molar-refractivity contribution in [3.63, 3.8) is 0 Å². The van der Waals surface area contributed by atoms with E-state index in [9.17, 15) is 14.4 Å². The number of hydrogen-bond acceptors (Lipinski definition) is 5. The molecule has 0 spiro atoms. The molecule has 3 rings (SSSR count). The Labute approximate surface area is 144 Å². The van der Waals surface area contributed by atoms with Crippen molar-refractivity contribution < 1.29 is 9.53 Å². The van der Waals surface area contributed by atoms with Crippen LogP contribution in [0.15, 0.2) is 33.9 Å². The average Bonchev–Trinajstić information content (AvgIpc) is 3.12. The van der Waals surface area contributed by atoms with Gasteiger partial charge in [-0.3, -0.25) is 14.2 Å². The second-order valence-electron chi connectivity index (χ2n) is 6.09. The van der Waals surface area contributed by atoms with E-state index in [2.05, 4.69) is 10.4 Å². The fraction of sp³-hybridized carbons (Fsp3) is 0.412. The van der Waals surface area contributed by atoms with Crippen LogP contribution < -0.4 is 16.6 Å². The molecule has 1 aliphatic rings. The van der Waals surface area contributed by atoms with E-state index in [1.165, 1.54) is 7.05 Å². The number of ether oxygens (including phenoxy) is 1. The molecule has 0 bridgehead atoms. The van der Waals surface area contributed by atoms with Gasteiger partial charge in [0.25, 0.3) is 11.5 Å². The first kappa shape index (κ1) is 17.1. The van der Waals surface area contributed by atoms with Gasteiger partial charge >= 0.3 is 5.69 Å².